The van der Waals surface area contributed by atoms with Gasteiger partial charge < -0.3 is 24.3 Å². The molecule has 0 aliphatic carbocycles. The maximum absolute atomic E-state index is 12.0. The average Bonchev–Trinajstić information content (AvgIpc) is 3.05. The molecule has 1 aromatic heterocycles. The highest BCUT2D eigenvalue weighted by molar-refractivity contribution is 5.94. The average molecular weight is 319 g/mol. The molecule has 0 unspecified atom stereocenters. The monoisotopic (exact) mass is 319 g/mol. The molecule has 1 aromatic carbocycles. The Morgan fingerprint density at radius 3 is 2.74 bits per heavy atom. The number of esters is 1. The van der Waals surface area contributed by atoms with E-state index in [0.717, 1.165) is 0 Å². The fourth-order valence-electron chi connectivity index (χ4n) is 1.82. The number of phenolic OH excluding ortho intramolecular Hbond substituents is 1. The van der Waals surface area contributed by atoms with Crippen LogP contribution in [0.1, 0.15) is 23.0 Å². The van der Waals surface area contributed by atoms with Crippen molar-refractivity contribution in [2.24, 2.45) is 0 Å². The molecule has 0 fully saturated rings. The van der Waals surface area contributed by atoms with Crippen molar-refractivity contribution in [2.75, 3.05) is 7.11 Å². The topological polar surface area (TPSA) is 98.0 Å². The lowest BCUT2D eigenvalue weighted by Crippen LogP contribution is -2.35. The Morgan fingerprint density at radius 2 is 2.13 bits per heavy atom. The third-order valence-electron chi connectivity index (χ3n) is 3.09. The molecule has 122 valence electrons. The van der Waals surface area contributed by atoms with Crippen molar-refractivity contribution >= 4 is 11.9 Å². The van der Waals surface area contributed by atoms with Gasteiger partial charge in [-0.25, -0.2) is 4.79 Å². The highest BCUT2D eigenvalue weighted by atomic mass is 16.5. The third kappa shape index (κ3) is 4.26. The van der Waals surface area contributed by atoms with E-state index in [9.17, 15) is 14.7 Å². The van der Waals surface area contributed by atoms with E-state index in [1.165, 1.54) is 38.5 Å². The smallest absolute Gasteiger partial charge is 0.342 e. The van der Waals surface area contributed by atoms with Crippen LogP contribution in [0.4, 0.5) is 0 Å². The molecule has 0 saturated carbocycles. The number of benzene rings is 1. The lowest BCUT2D eigenvalue weighted by atomic mass is 10.2. The van der Waals surface area contributed by atoms with Crippen LogP contribution in [0.5, 0.6) is 11.5 Å². The first-order valence-electron chi connectivity index (χ1n) is 6.89. The number of hydrogen-bond acceptors (Lipinski definition) is 6. The van der Waals surface area contributed by atoms with Gasteiger partial charge in [0.2, 0.25) is 0 Å². The standard InChI is InChI=1S/C16H17NO6/c1-10(15(19)17-9-12-4-3-7-22-12)23-16(20)13-6-5-11(21-2)8-14(13)18/h3-8,10,18H,9H2,1-2H3,(H,17,19)/t10-/m1/s1. The van der Waals surface area contributed by atoms with Gasteiger partial charge in [0.25, 0.3) is 5.91 Å². The molecule has 1 atom stereocenters. The normalized spacial score (nSPS) is 11.6. The molecule has 0 radical (unpaired) electrons. The predicted octanol–water partition coefficient (Wildman–Crippen LogP) is 1.86. The molecule has 7 nitrogen and oxygen atoms in total. The number of nitrogens with one attached hydrogen (secondary N) is 1. The van der Waals surface area contributed by atoms with Crippen LogP contribution in [0.25, 0.3) is 0 Å². The molecule has 1 amide bonds. The number of phenols is 1. The third-order valence-corrected chi connectivity index (χ3v) is 3.09. The molecule has 0 bridgehead atoms. The first kappa shape index (κ1) is 16.4. The molecule has 0 saturated heterocycles. The highest BCUT2D eigenvalue weighted by Gasteiger charge is 2.21. The van der Waals surface area contributed by atoms with Gasteiger partial charge in [-0.3, -0.25) is 4.79 Å². The largest absolute Gasteiger partial charge is 0.507 e. The summed E-state index contributed by atoms with van der Waals surface area (Å²) in [6.07, 6.45) is 0.483. The molecular weight excluding hydrogens is 302 g/mol. The molecule has 2 rings (SSSR count). The van der Waals surface area contributed by atoms with Crippen LogP contribution in [0.2, 0.25) is 0 Å². The van der Waals surface area contributed by atoms with Gasteiger partial charge in [0.05, 0.1) is 19.9 Å². The van der Waals surface area contributed by atoms with E-state index < -0.39 is 18.0 Å². The quantitative estimate of drug-likeness (QED) is 0.789. The van der Waals surface area contributed by atoms with Crippen LogP contribution < -0.4 is 10.1 Å². The molecule has 23 heavy (non-hydrogen) atoms. The van der Waals surface area contributed by atoms with Gasteiger partial charge in [-0.05, 0) is 31.2 Å². The molecule has 0 spiro atoms. The molecular formula is C16H17NO6. The molecule has 2 aromatic rings. The minimum Gasteiger partial charge on any atom is -0.507 e. The zero-order valence-electron chi connectivity index (χ0n) is 12.7. The van der Waals surface area contributed by atoms with Crippen LogP contribution in [-0.4, -0.2) is 30.2 Å². The zero-order chi connectivity index (χ0) is 16.8. The minimum atomic E-state index is -1.01. The van der Waals surface area contributed by atoms with Crippen molar-refractivity contribution in [2.45, 2.75) is 19.6 Å². The first-order valence-corrected chi connectivity index (χ1v) is 6.89. The van der Waals surface area contributed by atoms with Gasteiger partial charge in [-0.1, -0.05) is 0 Å². The van der Waals surface area contributed by atoms with Crippen LogP contribution >= 0.6 is 0 Å². The van der Waals surface area contributed by atoms with E-state index in [0.29, 0.717) is 11.5 Å². The fraction of sp³-hybridized carbons (Fsp3) is 0.250. The Kier molecular flexibility index (Phi) is 5.24. The van der Waals surface area contributed by atoms with E-state index in [1.807, 2.05) is 0 Å². The summed E-state index contributed by atoms with van der Waals surface area (Å²) in [4.78, 5) is 23.9. The van der Waals surface area contributed by atoms with Crippen molar-refractivity contribution in [1.29, 1.82) is 0 Å². The number of carbonyl (C=O) groups excluding carboxylic acids is 2. The van der Waals surface area contributed by atoms with Crippen LogP contribution in [0.3, 0.4) is 0 Å². The van der Waals surface area contributed by atoms with Gasteiger partial charge in [0, 0.05) is 6.07 Å². The Balaban J connectivity index is 1.92. The van der Waals surface area contributed by atoms with Crippen molar-refractivity contribution in [1.82, 2.24) is 5.32 Å². The van der Waals surface area contributed by atoms with E-state index in [2.05, 4.69) is 5.32 Å². The van der Waals surface area contributed by atoms with Crippen LogP contribution in [-0.2, 0) is 16.1 Å². The molecule has 2 N–H and O–H groups in total. The number of aromatic hydroxyl groups is 1. The number of hydrogen-bond donors (Lipinski definition) is 2. The second kappa shape index (κ2) is 7.35. The van der Waals surface area contributed by atoms with Crippen molar-refractivity contribution in [3.63, 3.8) is 0 Å². The van der Waals surface area contributed by atoms with E-state index in [4.69, 9.17) is 13.9 Å². The summed E-state index contributed by atoms with van der Waals surface area (Å²) < 4.78 is 15.1. The van der Waals surface area contributed by atoms with Gasteiger partial charge in [0.1, 0.15) is 22.8 Å². The summed E-state index contributed by atoms with van der Waals surface area (Å²) in [5.74, 6) is -0.556. The Labute approximate surface area is 132 Å². The minimum absolute atomic E-state index is 0.0449. The molecule has 7 heteroatoms. The summed E-state index contributed by atoms with van der Waals surface area (Å²) in [6.45, 7) is 1.64. The number of carbonyl (C=O) groups is 2. The number of furan rings is 1. The van der Waals surface area contributed by atoms with Crippen molar-refractivity contribution in [3.05, 3.63) is 47.9 Å². The van der Waals surface area contributed by atoms with Gasteiger partial charge in [-0.15, -0.1) is 0 Å². The number of methoxy groups -OCH3 is 1. The Hall–Kier alpha value is -2.96. The van der Waals surface area contributed by atoms with Crippen LogP contribution in [0, 0.1) is 0 Å². The summed E-state index contributed by atoms with van der Waals surface area (Å²) in [5.41, 5.74) is -0.0449. The number of ether oxygens (including phenoxy) is 2. The molecule has 0 aliphatic rings. The van der Waals surface area contributed by atoms with Crippen molar-refractivity contribution in [3.8, 4) is 11.5 Å². The Morgan fingerprint density at radius 1 is 1.35 bits per heavy atom. The van der Waals surface area contributed by atoms with E-state index in [-0.39, 0.29) is 17.9 Å². The lowest BCUT2D eigenvalue weighted by molar-refractivity contribution is -0.129. The lowest BCUT2D eigenvalue weighted by Gasteiger charge is -2.13. The summed E-state index contributed by atoms with van der Waals surface area (Å²) in [5, 5.41) is 12.4. The molecule has 1 heterocycles. The van der Waals surface area contributed by atoms with E-state index >= 15 is 0 Å². The highest BCUT2D eigenvalue weighted by Crippen LogP contribution is 2.24. The summed E-state index contributed by atoms with van der Waals surface area (Å²) >= 11 is 0. The van der Waals surface area contributed by atoms with Gasteiger partial charge in [-0.2, -0.15) is 0 Å². The molecule has 0 aliphatic heterocycles. The Bertz CT molecular complexity index is 680. The van der Waals surface area contributed by atoms with Crippen LogP contribution in [0.15, 0.2) is 41.0 Å². The SMILES string of the molecule is COc1ccc(C(=O)O[C@H](C)C(=O)NCc2ccco2)c(O)c1. The number of amides is 1. The van der Waals surface area contributed by atoms with E-state index in [1.54, 1.807) is 12.1 Å². The van der Waals surface area contributed by atoms with Gasteiger partial charge >= 0.3 is 5.97 Å². The maximum Gasteiger partial charge on any atom is 0.342 e. The summed E-state index contributed by atoms with van der Waals surface area (Å²) in [6, 6.07) is 7.59. The zero-order valence-corrected chi connectivity index (χ0v) is 12.7. The maximum atomic E-state index is 12.0. The first-order chi connectivity index (χ1) is 11.0. The second-order valence-corrected chi connectivity index (χ2v) is 4.73. The number of rotatable bonds is 6. The summed E-state index contributed by atoms with van der Waals surface area (Å²) in [7, 11) is 1.44. The van der Waals surface area contributed by atoms with Crippen molar-refractivity contribution < 1.29 is 28.6 Å². The fourth-order valence-corrected chi connectivity index (χ4v) is 1.82. The predicted molar refractivity (Wildman–Crippen MR) is 80.1 cm³/mol. The van der Waals surface area contributed by atoms with Gasteiger partial charge in [0.15, 0.2) is 6.10 Å². The second-order valence-electron chi connectivity index (χ2n) is 4.73.